The van der Waals surface area contributed by atoms with Gasteiger partial charge in [-0.2, -0.15) is 5.10 Å². The number of hydrogen-bond donors (Lipinski definition) is 2. The summed E-state index contributed by atoms with van der Waals surface area (Å²) in [6.45, 7) is 2.11. The van der Waals surface area contributed by atoms with Crippen LogP contribution in [0.15, 0.2) is 79.3 Å². The average molecular weight is 492 g/mol. The van der Waals surface area contributed by atoms with Crippen LogP contribution in [0.3, 0.4) is 0 Å². The summed E-state index contributed by atoms with van der Waals surface area (Å²) < 4.78 is 5.38. The van der Waals surface area contributed by atoms with Gasteiger partial charge >= 0.3 is 5.97 Å². The van der Waals surface area contributed by atoms with E-state index in [4.69, 9.17) is 9.84 Å². The van der Waals surface area contributed by atoms with Crippen molar-refractivity contribution in [2.75, 3.05) is 7.11 Å². The Balaban J connectivity index is 1.69. The van der Waals surface area contributed by atoms with E-state index in [0.29, 0.717) is 11.8 Å². The highest BCUT2D eigenvalue weighted by molar-refractivity contribution is 6.00. The van der Waals surface area contributed by atoms with Crippen LogP contribution in [0.4, 0.5) is 0 Å². The zero-order chi connectivity index (χ0) is 25.8. The molecule has 0 saturated heterocycles. The summed E-state index contributed by atoms with van der Waals surface area (Å²) >= 11 is 0. The van der Waals surface area contributed by atoms with Gasteiger partial charge in [0.1, 0.15) is 0 Å². The number of methoxy groups -OCH3 is 1. The van der Waals surface area contributed by atoms with Crippen molar-refractivity contribution in [1.82, 2.24) is 15.2 Å². The van der Waals surface area contributed by atoms with Crippen molar-refractivity contribution in [2.45, 2.75) is 26.2 Å². The average Bonchev–Trinajstić information content (AvgIpc) is 3.42. The van der Waals surface area contributed by atoms with Crippen molar-refractivity contribution >= 4 is 23.2 Å². The molecular weight excluding hydrogens is 462 g/mol. The maximum Gasteiger partial charge on any atom is 0.328 e. The van der Waals surface area contributed by atoms with Gasteiger partial charge in [-0.05, 0) is 70.7 Å². The minimum atomic E-state index is -0.961. The number of H-pyrrole nitrogens is 1. The molecule has 0 radical (unpaired) electrons. The standard InChI is InChI=1S/C31H29N3O3/c1-20-16-28(37-2)32-19-27(20)31(23-4-3-5-23)30(24-9-6-21(7-10-24)8-15-29(35)36)25-13-11-22(12-14-25)26-17-33-34-18-26/h6-19,23H,3-5H2,1-2H3,(H,33,34)(H,35,36). The zero-order valence-corrected chi connectivity index (χ0v) is 20.9. The number of nitrogens with zero attached hydrogens (tertiary/aromatic N) is 2. The number of allylic oxidation sites excluding steroid dienone is 1. The van der Waals surface area contributed by atoms with E-state index in [9.17, 15) is 4.79 Å². The molecule has 6 heteroatoms. The van der Waals surface area contributed by atoms with Gasteiger partial charge in [-0.3, -0.25) is 5.10 Å². The Bertz CT molecular complexity index is 1450. The van der Waals surface area contributed by atoms with Gasteiger partial charge in [0.15, 0.2) is 0 Å². The van der Waals surface area contributed by atoms with Crippen LogP contribution in [-0.2, 0) is 4.79 Å². The SMILES string of the molecule is COc1cc(C)c(C(=C(c2ccc(C=CC(=O)O)cc2)c2ccc(-c3cn[nH]c3)cc2)C2CCC2)cn1. The first-order chi connectivity index (χ1) is 18.0. The Morgan fingerprint density at radius 2 is 1.73 bits per heavy atom. The lowest BCUT2D eigenvalue weighted by molar-refractivity contribution is -0.131. The molecule has 1 saturated carbocycles. The second-order valence-electron chi connectivity index (χ2n) is 9.32. The molecule has 2 aromatic carbocycles. The van der Waals surface area contributed by atoms with Crippen molar-refractivity contribution < 1.29 is 14.6 Å². The molecule has 2 heterocycles. The maximum absolute atomic E-state index is 11.0. The summed E-state index contributed by atoms with van der Waals surface area (Å²) in [4.78, 5) is 15.5. The second kappa shape index (κ2) is 10.7. The number of pyridine rings is 1. The summed E-state index contributed by atoms with van der Waals surface area (Å²) in [7, 11) is 1.64. The van der Waals surface area contributed by atoms with Crippen molar-refractivity contribution in [3.63, 3.8) is 0 Å². The molecule has 186 valence electrons. The predicted molar refractivity (Wildman–Crippen MR) is 146 cm³/mol. The first-order valence-corrected chi connectivity index (χ1v) is 12.4. The molecule has 4 aromatic rings. The van der Waals surface area contributed by atoms with Crippen LogP contribution < -0.4 is 4.74 Å². The zero-order valence-electron chi connectivity index (χ0n) is 20.9. The number of ether oxygens (including phenoxy) is 1. The van der Waals surface area contributed by atoms with Crippen LogP contribution >= 0.6 is 0 Å². The molecule has 2 N–H and O–H groups in total. The number of aryl methyl sites for hydroxylation is 1. The molecule has 0 aliphatic heterocycles. The molecule has 0 bridgehead atoms. The smallest absolute Gasteiger partial charge is 0.328 e. The lowest BCUT2D eigenvalue weighted by atomic mass is 9.72. The van der Waals surface area contributed by atoms with E-state index >= 15 is 0 Å². The number of hydrogen-bond acceptors (Lipinski definition) is 4. The summed E-state index contributed by atoms with van der Waals surface area (Å²) in [6, 6.07) is 18.7. The molecule has 1 aliphatic rings. The van der Waals surface area contributed by atoms with Crippen molar-refractivity contribution in [3.8, 4) is 17.0 Å². The second-order valence-corrected chi connectivity index (χ2v) is 9.32. The summed E-state index contributed by atoms with van der Waals surface area (Å²) in [5, 5.41) is 16.0. The van der Waals surface area contributed by atoms with E-state index in [2.05, 4.69) is 58.5 Å². The predicted octanol–water partition coefficient (Wildman–Crippen LogP) is 6.65. The topological polar surface area (TPSA) is 88.1 Å². The van der Waals surface area contributed by atoms with Crippen LogP contribution in [0, 0.1) is 12.8 Å². The third-order valence-electron chi connectivity index (χ3n) is 6.99. The highest BCUT2D eigenvalue weighted by Gasteiger charge is 2.28. The minimum absolute atomic E-state index is 0.434. The molecule has 0 atom stereocenters. The molecule has 2 aromatic heterocycles. The summed E-state index contributed by atoms with van der Waals surface area (Å²) in [5.74, 6) is 0.0796. The lowest BCUT2D eigenvalue weighted by Gasteiger charge is -2.32. The van der Waals surface area contributed by atoms with Crippen LogP contribution in [0.25, 0.3) is 28.3 Å². The number of nitrogens with one attached hydrogen (secondary N) is 1. The maximum atomic E-state index is 11.0. The fourth-order valence-corrected chi connectivity index (χ4v) is 4.82. The Kier molecular flexibility index (Phi) is 6.99. The monoisotopic (exact) mass is 491 g/mol. The van der Waals surface area contributed by atoms with E-state index in [-0.39, 0.29) is 0 Å². The van der Waals surface area contributed by atoms with Crippen molar-refractivity contribution in [1.29, 1.82) is 0 Å². The van der Waals surface area contributed by atoms with E-state index in [1.807, 2.05) is 36.8 Å². The van der Waals surface area contributed by atoms with Crippen LogP contribution in [0.2, 0.25) is 0 Å². The van der Waals surface area contributed by atoms with E-state index in [1.54, 1.807) is 13.2 Å². The number of aromatic amines is 1. The first kappa shape index (κ1) is 24.3. The highest BCUT2D eigenvalue weighted by atomic mass is 16.5. The van der Waals surface area contributed by atoms with Gasteiger partial charge in [-0.25, -0.2) is 9.78 Å². The first-order valence-electron chi connectivity index (χ1n) is 12.4. The van der Waals surface area contributed by atoms with Crippen LogP contribution in [0.5, 0.6) is 5.88 Å². The quantitative estimate of drug-likeness (QED) is 0.270. The normalized spacial score (nSPS) is 14.3. The molecular formula is C31H29N3O3. The third-order valence-corrected chi connectivity index (χ3v) is 6.99. The van der Waals surface area contributed by atoms with Gasteiger partial charge in [0.25, 0.3) is 0 Å². The number of carboxylic acid groups (broad SMARTS) is 1. The van der Waals surface area contributed by atoms with E-state index in [0.717, 1.165) is 57.9 Å². The summed E-state index contributed by atoms with van der Waals surface area (Å²) in [6.07, 6.45) is 11.9. The molecule has 6 nitrogen and oxygen atoms in total. The molecule has 1 fully saturated rings. The molecule has 0 unspecified atom stereocenters. The Morgan fingerprint density at radius 1 is 1.03 bits per heavy atom. The highest BCUT2D eigenvalue weighted by Crippen LogP contribution is 2.46. The van der Waals surface area contributed by atoms with Crippen molar-refractivity contribution in [2.24, 2.45) is 5.92 Å². The van der Waals surface area contributed by atoms with Crippen LogP contribution in [0.1, 0.15) is 47.1 Å². The van der Waals surface area contributed by atoms with Gasteiger partial charge in [-0.15, -0.1) is 0 Å². The van der Waals surface area contributed by atoms with Crippen molar-refractivity contribution in [3.05, 3.63) is 107 Å². The molecule has 37 heavy (non-hydrogen) atoms. The van der Waals surface area contributed by atoms with Gasteiger partial charge in [-0.1, -0.05) is 55.0 Å². The number of benzene rings is 2. The lowest BCUT2D eigenvalue weighted by Crippen LogP contribution is -2.16. The Morgan fingerprint density at radius 3 is 2.27 bits per heavy atom. The molecule has 0 amide bonds. The fourth-order valence-electron chi connectivity index (χ4n) is 4.82. The van der Waals surface area contributed by atoms with Crippen LogP contribution in [-0.4, -0.2) is 33.4 Å². The number of carboxylic acids is 1. The van der Waals surface area contributed by atoms with E-state index < -0.39 is 5.97 Å². The molecule has 0 spiro atoms. The number of aliphatic carboxylic acids is 1. The number of aromatic nitrogens is 3. The third kappa shape index (κ3) is 5.23. The molecule has 5 rings (SSSR count). The number of rotatable bonds is 8. The van der Waals surface area contributed by atoms with Gasteiger partial charge < -0.3 is 9.84 Å². The Labute approximate surface area is 216 Å². The minimum Gasteiger partial charge on any atom is -0.481 e. The fraction of sp³-hybridized carbons (Fsp3) is 0.194. The van der Waals surface area contributed by atoms with Gasteiger partial charge in [0, 0.05) is 35.7 Å². The number of carbonyl (C=O) groups is 1. The summed E-state index contributed by atoms with van der Waals surface area (Å²) in [5.41, 5.74) is 9.92. The largest absolute Gasteiger partial charge is 0.481 e. The van der Waals surface area contributed by atoms with Gasteiger partial charge in [0.2, 0.25) is 5.88 Å². The van der Waals surface area contributed by atoms with E-state index in [1.165, 1.54) is 17.6 Å². The molecule has 1 aliphatic carbocycles. The van der Waals surface area contributed by atoms with Gasteiger partial charge in [0.05, 0.1) is 13.3 Å². The Hall–Kier alpha value is -4.45.